The Morgan fingerprint density at radius 3 is 2.80 bits per heavy atom. The predicted octanol–water partition coefficient (Wildman–Crippen LogP) is -0.293. The standard InChI is InChI=1S/C10H12N2O3/c1-6-5-12(10(15)11-9(6)14)7-2-3-8(13)4-7/h2-3,5,7-8,13H,4H2,1H3,(H,11,14,15)/t7-,8+/m0/s1. The van der Waals surface area contributed by atoms with Crippen LogP contribution in [0.15, 0.2) is 27.9 Å². The van der Waals surface area contributed by atoms with Gasteiger partial charge < -0.3 is 5.11 Å². The zero-order chi connectivity index (χ0) is 11.0. The maximum absolute atomic E-state index is 11.5. The first kappa shape index (κ1) is 9.92. The van der Waals surface area contributed by atoms with Gasteiger partial charge in [-0.1, -0.05) is 12.2 Å². The van der Waals surface area contributed by atoms with Gasteiger partial charge in [0.15, 0.2) is 0 Å². The molecule has 1 aromatic heterocycles. The van der Waals surface area contributed by atoms with Crippen molar-refractivity contribution >= 4 is 0 Å². The van der Waals surface area contributed by atoms with E-state index in [1.807, 2.05) is 0 Å². The van der Waals surface area contributed by atoms with Gasteiger partial charge in [0.2, 0.25) is 0 Å². The van der Waals surface area contributed by atoms with Crippen molar-refractivity contribution < 1.29 is 5.11 Å². The summed E-state index contributed by atoms with van der Waals surface area (Å²) in [7, 11) is 0. The molecule has 15 heavy (non-hydrogen) atoms. The number of rotatable bonds is 1. The highest BCUT2D eigenvalue weighted by Gasteiger charge is 2.19. The molecule has 80 valence electrons. The number of aromatic nitrogens is 2. The van der Waals surface area contributed by atoms with Crippen molar-refractivity contribution in [2.24, 2.45) is 0 Å². The Balaban J connectivity index is 2.46. The zero-order valence-electron chi connectivity index (χ0n) is 8.30. The molecule has 2 rings (SSSR count). The SMILES string of the molecule is Cc1cn([C@H]2C=C[C@@H](O)C2)c(=O)[nH]c1=O. The van der Waals surface area contributed by atoms with Crippen molar-refractivity contribution in [2.45, 2.75) is 25.5 Å². The molecule has 0 saturated heterocycles. The molecule has 5 nitrogen and oxygen atoms in total. The van der Waals surface area contributed by atoms with E-state index in [0.717, 1.165) is 0 Å². The lowest BCUT2D eigenvalue weighted by Gasteiger charge is -2.12. The van der Waals surface area contributed by atoms with Gasteiger partial charge in [0.1, 0.15) is 0 Å². The molecule has 2 N–H and O–H groups in total. The third-order valence-electron chi connectivity index (χ3n) is 2.54. The number of nitrogens with zero attached hydrogens (tertiary/aromatic N) is 1. The Morgan fingerprint density at radius 2 is 2.20 bits per heavy atom. The summed E-state index contributed by atoms with van der Waals surface area (Å²) < 4.78 is 1.43. The van der Waals surface area contributed by atoms with Crippen molar-refractivity contribution in [1.29, 1.82) is 0 Å². The molecule has 1 aliphatic carbocycles. The molecule has 1 heterocycles. The summed E-state index contributed by atoms with van der Waals surface area (Å²) >= 11 is 0. The molecule has 0 aliphatic heterocycles. The normalized spacial score (nSPS) is 24.7. The summed E-state index contributed by atoms with van der Waals surface area (Å²) in [5, 5.41) is 9.30. The second kappa shape index (κ2) is 3.51. The Kier molecular flexibility index (Phi) is 2.32. The molecule has 0 aromatic carbocycles. The maximum Gasteiger partial charge on any atom is 0.328 e. The summed E-state index contributed by atoms with van der Waals surface area (Å²) in [4.78, 5) is 24.8. The number of allylic oxidation sites excluding steroid dienone is 1. The molecule has 0 unspecified atom stereocenters. The van der Waals surface area contributed by atoms with Gasteiger partial charge in [0, 0.05) is 18.2 Å². The van der Waals surface area contributed by atoms with E-state index in [1.165, 1.54) is 10.8 Å². The zero-order valence-corrected chi connectivity index (χ0v) is 8.30. The molecular formula is C10H12N2O3. The topological polar surface area (TPSA) is 75.1 Å². The third-order valence-corrected chi connectivity index (χ3v) is 2.54. The van der Waals surface area contributed by atoms with E-state index < -0.39 is 11.8 Å². The van der Waals surface area contributed by atoms with Crippen LogP contribution in [0.5, 0.6) is 0 Å². The Hall–Kier alpha value is -1.62. The maximum atomic E-state index is 11.5. The third kappa shape index (κ3) is 1.78. The summed E-state index contributed by atoms with van der Waals surface area (Å²) in [6.45, 7) is 1.64. The second-order valence-electron chi connectivity index (χ2n) is 3.73. The number of hydrogen-bond donors (Lipinski definition) is 2. The first-order valence-electron chi connectivity index (χ1n) is 4.76. The smallest absolute Gasteiger partial charge is 0.328 e. The van der Waals surface area contributed by atoms with Gasteiger partial charge >= 0.3 is 5.69 Å². The average molecular weight is 208 g/mol. The van der Waals surface area contributed by atoms with Crippen LogP contribution in [0.2, 0.25) is 0 Å². The van der Waals surface area contributed by atoms with E-state index in [2.05, 4.69) is 4.98 Å². The van der Waals surface area contributed by atoms with Gasteiger partial charge in [-0.2, -0.15) is 0 Å². The number of nitrogens with one attached hydrogen (secondary N) is 1. The molecule has 0 saturated carbocycles. The second-order valence-corrected chi connectivity index (χ2v) is 3.73. The molecule has 0 radical (unpaired) electrons. The van der Waals surface area contributed by atoms with E-state index in [9.17, 15) is 14.7 Å². The molecule has 1 aliphatic rings. The molecule has 0 bridgehead atoms. The number of aromatic amines is 1. The van der Waals surface area contributed by atoms with Crippen LogP contribution in [0.3, 0.4) is 0 Å². The van der Waals surface area contributed by atoms with Gasteiger partial charge in [-0.15, -0.1) is 0 Å². The lowest BCUT2D eigenvalue weighted by atomic mass is 10.2. The molecule has 1 aromatic rings. The summed E-state index contributed by atoms with van der Waals surface area (Å²) in [6, 6.07) is -0.164. The molecule has 2 atom stereocenters. The molecule has 0 amide bonds. The van der Waals surface area contributed by atoms with Crippen LogP contribution in [-0.4, -0.2) is 20.8 Å². The number of H-pyrrole nitrogens is 1. The minimum absolute atomic E-state index is 0.164. The highest BCUT2D eigenvalue weighted by molar-refractivity contribution is 5.09. The van der Waals surface area contributed by atoms with E-state index in [-0.39, 0.29) is 11.6 Å². The van der Waals surface area contributed by atoms with Gasteiger partial charge in [-0.05, 0) is 6.92 Å². The van der Waals surface area contributed by atoms with Crippen LogP contribution in [0.25, 0.3) is 0 Å². The lowest BCUT2D eigenvalue weighted by Crippen LogP contribution is -2.32. The van der Waals surface area contributed by atoms with E-state index in [4.69, 9.17) is 0 Å². The first-order valence-corrected chi connectivity index (χ1v) is 4.76. The monoisotopic (exact) mass is 208 g/mol. The van der Waals surface area contributed by atoms with Crippen molar-refractivity contribution in [3.05, 3.63) is 44.8 Å². The van der Waals surface area contributed by atoms with Crippen molar-refractivity contribution in [3.8, 4) is 0 Å². The van der Waals surface area contributed by atoms with Crippen LogP contribution < -0.4 is 11.2 Å². The average Bonchev–Trinajstić information content (AvgIpc) is 2.58. The fourth-order valence-electron chi connectivity index (χ4n) is 1.70. The van der Waals surface area contributed by atoms with E-state index in [0.29, 0.717) is 12.0 Å². The van der Waals surface area contributed by atoms with Gasteiger partial charge in [-0.3, -0.25) is 14.3 Å². The molecule has 5 heteroatoms. The summed E-state index contributed by atoms with van der Waals surface area (Å²) in [5.41, 5.74) is -0.308. The van der Waals surface area contributed by atoms with Gasteiger partial charge in [0.05, 0.1) is 12.1 Å². The number of hydrogen-bond acceptors (Lipinski definition) is 3. The summed E-state index contributed by atoms with van der Waals surface area (Å²) in [5.74, 6) is 0. The van der Waals surface area contributed by atoms with E-state index >= 15 is 0 Å². The Bertz CT molecular complexity index is 512. The van der Waals surface area contributed by atoms with Crippen LogP contribution in [0.4, 0.5) is 0 Å². The molecular weight excluding hydrogens is 196 g/mol. The number of aliphatic hydroxyl groups excluding tert-OH is 1. The van der Waals surface area contributed by atoms with Crippen molar-refractivity contribution in [1.82, 2.24) is 9.55 Å². The minimum Gasteiger partial charge on any atom is -0.389 e. The number of aryl methyl sites for hydroxylation is 1. The lowest BCUT2D eigenvalue weighted by molar-refractivity contribution is 0.209. The van der Waals surface area contributed by atoms with Crippen LogP contribution in [0.1, 0.15) is 18.0 Å². The minimum atomic E-state index is -0.505. The predicted molar refractivity (Wildman–Crippen MR) is 54.9 cm³/mol. The van der Waals surface area contributed by atoms with Gasteiger partial charge in [0.25, 0.3) is 5.56 Å². The highest BCUT2D eigenvalue weighted by Crippen LogP contribution is 2.20. The molecule has 0 fully saturated rings. The Morgan fingerprint density at radius 1 is 1.47 bits per heavy atom. The van der Waals surface area contributed by atoms with Crippen LogP contribution in [0, 0.1) is 6.92 Å². The first-order chi connectivity index (χ1) is 7.08. The largest absolute Gasteiger partial charge is 0.389 e. The van der Waals surface area contributed by atoms with Crippen molar-refractivity contribution in [2.75, 3.05) is 0 Å². The molecule has 0 spiro atoms. The van der Waals surface area contributed by atoms with Crippen LogP contribution in [-0.2, 0) is 0 Å². The van der Waals surface area contributed by atoms with Crippen molar-refractivity contribution in [3.63, 3.8) is 0 Å². The number of aliphatic hydroxyl groups is 1. The van der Waals surface area contributed by atoms with Crippen LogP contribution >= 0.6 is 0 Å². The Labute approximate surface area is 85.7 Å². The van der Waals surface area contributed by atoms with Gasteiger partial charge in [-0.25, -0.2) is 4.79 Å². The quantitative estimate of drug-likeness (QED) is 0.622. The highest BCUT2D eigenvalue weighted by atomic mass is 16.3. The summed E-state index contributed by atoms with van der Waals surface area (Å²) in [6.07, 6.45) is 4.91. The van der Waals surface area contributed by atoms with E-state index in [1.54, 1.807) is 19.1 Å². The fourth-order valence-corrected chi connectivity index (χ4v) is 1.70. The fraction of sp³-hybridized carbons (Fsp3) is 0.400.